The quantitative estimate of drug-likeness (QED) is 0.201. The van der Waals surface area contributed by atoms with Gasteiger partial charge < -0.3 is 32.1 Å². The summed E-state index contributed by atoms with van der Waals surface area (Å²) >= 11 is 0. The predicted molar refractivity (Wildman–Crippen MR) is 121 cm³/mol. The van der Waals surface area contributed by atoms with E-state index in [-0.39, 0.29) is 29.2 Å². The summed E-state index contributed by atoms with van der Waals surface area (Å²) in [7, 11) is 0. The number of aromatic hydroxyl groups is 3. The molecule has 0 fully saturated rings. The van der Waals surface area contributed by atoms with Crippen molar-refractivity contribution < 1.29 is 15.3 Å². The maximum absolute atomic E-state index is 10.1. The molecule has 0 bridgehead atoms. The number of hydrogen-bond donors (Lipinski definition) is 6. The molecule has 2 unspecified atom stereocenters. The van der Waals surface area contributed by atoms with E-state index in [2.05, 4.69) is 5.32 Å². The molecule has 0 aliphatic heterocycles. The van der Waals surface area contributed by atoms with Gasteiger partial charge in [-0.2, -0.15) is 0 Å². The van der Waals surface area contributed by atoms with Crippen molar-refractivity contribution in [3.05, 3.63) is 47.0 Å². The molecule has 6 heteroatoms. The van der Waals surface area contributed by atoms with Crippen molar-refractivity contribution in [2.75, 3.05) is 18.8 Å². The average molecular weight is 414 g/mol. The maximum atomic E-state index is 10.1. The van der Waals surface area contributed by atoms with Crippen LogP contribution in [-0.2, 0) is 12.8 Å². The van der Waals surface area contributed by atoms with Crippen molar-refractivity contribution in [3.63, 3.8) is 0 Å². The first kappa shape index (κ1) is 22.2. The largest absolute Gasteiger partial charge is 0.506 e. The fraction of sp³-hybridized carbons (Fsp3) is 0.500. The van der Waals surface area contributed by atoms with Crippen LogP contribution in [0.1, 0.15) is 61.1 Å². The topological polar surface area (TPSA) is 125 Å². The minimum Gasteiger partial charge on any atom is -0.506 e. The molecule has 30 heavy (non-hydrogen) atoms. The first-order valence-corrected chi connectivity index (χ1v) is 11.0. The summed E-state index contributed by atoms with van der Waals surface area (Å²) in [4.78, 5) is 0. The molecular formula is C24H35N3O3. The standard InChI is InChI=1S/C24H35N3O3/c25-20-9-7-19-17(8-11-23(29)24(19)30)18(20)5-3-1-2-4-13-27-14-12-16-6-10-22(28)21(26)15-16/h6,8,10-11,15,18,20,27-30H,1-5,7,9,12-14,25-26H2. The smallest absolute Gasteiger partial charge is 0.160 e. The zero-order valence-corrected chi connectivity index (χ0v) is 17.6. The first-order chi connectivity index (χ1) is 14.5. The van der Waals surface area contributed by atoms with E-state index in [0.717, 1.165) is 68.3 Å². The third kappa shape index (κ3) is 5.58. The van der Waals surface area contributed by atoms with Crippen molar-refractivity contribution >= 4 is 5.69 Å². The van der Waals surface area contributed by atoms with Crippen LogP contribution in [0, 0.1) is 0 Å². The Morgan fingerprint density at radius 2 is 1.70 bits per heavy atom. The van der Waals surface area contributed by atoms with E-state index in [0.29, 0.717) is 5.69 Å². The zero-order chi connectivity index (χ0) is 21.5. The highest BCUT2D eigenvalue weighted by molar-refractivity contribution is 5.53. The number of hydrogen-bond acceptors (Lipinski definition) is 6. The van der Waals surface area contributed by atoms with Crippen molar-refractivity contribution in [2.24, 2.45) is 5.73 Å². The molecular weight excluding hydrogens is 378 g/mol. The van der Waals surface area contributed by atoms with Gasteiger partial charge >= 0.3 is 0 Å². The monoisotopic (exact) mass is 413 g/mol. The number of phenolic OH excluding ortho intramolecular Hbond substituents is 3. The average Bonchev–Trinajstić information content (AvgIpc) is 2.73. The molecule has 2 aromatic rings. The van der Waals surface area contributed by atoms with Gasteiger partial charge in [-0.05, 0) is 80.4 Å². The number of nitrogens with one attached hydrogen (secondary N) is 1. The van der Waals surface area contributed by atoms with Crippen LogP contribution in [0.15, 0.2) is 30.3 Å². The van der Waals surface area contributed by atoms with Gasteiger partial charge in [0.1, 0.15) is 5.75 Å². The summed E-state index contributed by atoms with van der Waals surface area (Å²) in [6, 6.07) is 9.01. The molecule has 8 N–H and O–H groups in total. The molecule has 0 aromatic heterocycles. The second-order valence-electron chi connectivity index (χ2n) is 8.41. The summed E-state index contributed by atoms with van der Waals surface area (Å²) < 4.78 is 0. The third-order valence-corrected chi connectivity index (χ3v) is 6.24. The van der Waals surface area contributed by atoms with Crippen LogP contribution in [0.25, 0.3) is 0 Å². The molecule has 3 rings (SSSR count). The number of anilines is 1. The number of nitrogens with two attached hydrogens (primary N) is 2. The highest BCUT2D eigenvalue weighted by Crippen LogP contribution is 2.42. The van der Waals surface area contributed by atoms with Gasteiger partial charge in [0.05, 0.1) is 5.69 Å². The molecule has 6 nitrogen and oxygen atoms in total. The molecule has 1 aliphatic rings. The van der Waals surface area contributed by atoms with Crippen LogP contribution in [0.5, 0.6) is 17.2 Å². The van der Waals surface area contributed by atoms with Gasteiger partial charge in [-0.3, -0.25) is 0 Å². The van der Waals surface area contributed by atoms with Gasteiger partial charge in [0, 0.05) is 11.6 Å². The Morgan fingerprint density at radius 1 is 0.933 bits per heavy atom. The first-order valence-electron chi connectivity index (χ1n) is 11.0. The maximum Gasteiger partial charge on any atom is 0.160 e. The van der Waals surface area contributed by atoms with E-state index in [4.69, 9.17) is 11.5 Å². The van der Waals surface area contributed by atoms with E-state index in [1.54, 1.807) is 12.1 Å². The molecule has 0 radical (unpaired) electrons. The van der Waals surface area contributed by atoms with Crippen LogP contribution in [-0.4, -0.2) is 34.5 Å². The molecule has 0 heterocycles. The Labute approximate surface area is 178 Å². The van der Waals surface area contributed by atoms with Crippen LogP contribution in [0.3, 0.4) is 0 Å². The van der Waals surface area contributed by atoms with Crippen molar-refractivity contribution in [3.8, 4) is 17.2 Å². The normalized spacial score (nSPS) is 18.3. The van der Waals surface area contributed by atoms with E-state index in [1.807, 2.05) is 18.2 Å². The SMILES string of the molecule is Nc1cc(CCNCCCCCCC2c3ccc(O)c(O)c3CCC2N)ccc1O. The van der Waals surface area contributed by atoms with Gasteiger partial charge in [-0.25, -0.2) is 0 Å². The summed E-state index contributed by atoms with van der Waals surface area (Å²) in [6.07, 6.45) is 8.10. The van der Waals surface area contributed by atoms with Crippen LogP contribution < -0.4 is 16.8 Å². The van der Waals surface area contributed by atoms with E-state index in [1.165, 1.54) is 12.8 Å². The van der Waals surface area contributed by atoms with Gasteiger partial charge in [-0.15, -0.1) is 0 Å². The number of benzene rings is 2. The summed E-state index contributed by atoms with van der Waals surface area (Å²) in [6.45, 7) is 1.89. The molecule has 0 amide bonds. The second-order valence-corrected chi connectivity index (χ2v) is 8.41. The van der Waals surface area contributed by atoms with Gasteiger partial charge in [0.15, 0.2) is 11.5 Å². The molecule has 0 spiro atoms. The Hall–Kier alpha value is -2.44. The fourth-order valence-electron chi connectivity index (χ4n) is 4.45. The number of nitrogen functional groups attached to an aromatic ring is 1. The van der Waals surface area contributed by atoms with E-state index < -0.39 is 0 Å². The Balaban J connectivity index is 1.31. The van der Waals surface area contributed by atoms with Crippen LogP contribution >= 0.6 is 0 Å². The lowest BCUT2D eigenvalue weighted by Gasteiger charge is -2.32. The molecule has 0 saturated heterocycles. The van der Waals surface area contributed by atoms with Crippen LogP contribution in [0.2, 0.25) is 0 Å². The van der Waals surface area contributed by atoms with Gasteiger partial charge in [-0.1, -0.05) is 31.4 Å². The highest BCUT2D eigenvalue weighted by Gasteiger charge is 2.29. The Kier molecular flexibility index (Phi) is 7.82. The Morgan fingerprint density at radius 3 is 2.50 bits per heavy atom. The summed E-state index contributed by atoms with van der Waals surface area (Å²) in [5.41, 5.74) is 15.6. The highest BCUT2D eigenvalue weighted by atomic mass is 16.3. The van der Waals surface area contributed by atoms with Crippen molar-refractivity contribution in [1.82, 2.24) is 5.32 Å². The van der Waals surface area contributed by atoms with E-state index >= 15 is 0 Å². The summed E-state index contributed by atoms with van der Waals surface area (Å²) in [5, 5.41) is 32.8. The number of unbranched alkanes of at least 4 members (excludes halogenated alkanes) is 3. The second kappa shape index (κ2) is 10.5. The van der Waals surface area contributed by atoms with Gasteiger partial charge in [0.25, 0.3) is 0 Å². The third-order valence-electron chi connectivity index (χ3n) is 6.24. The molecule has 1 aliphatic carbocycles. The van der Waals surface area contributed by atoms with Crippen molar-refractivity contribution in [2.45, 2.75) is 63.3 Å². The lowest BCUT2D eigenvalue weighted by Crippen LogP contribution is -2.33. The summed E-state index contributed by atoms with van der Waals surface area (Å²) in [5.74, 6) is 0.394. The van der Waals surface area contributed by atoms with Crippen molar-refractivity contribution in [1.29, 1.82) is 0 Å². The predicted octanol–water partition coefficient (Wildman–Crippen LogP) is 3.53. The molecule has 0 saturated carbocycles. The number of fused-ring (bicyclic) bond motifs is 1. The van der Waals surface area contributed by atoms with E-state index in [9.17, 15) is 15.3 Å². The zero-order valence-electron chi connectivity index (χ0n) is 17.6. The minimum atomic E-state index is -0.0376. The molecule has 2 atom stereocenters. The molecule has 2 aromatic carbocycles. The lowest BCUT2D eigenvalue weighted by atomic mass is 9.76. The van der Waals surface area contributed by atoms with Crippen LogP contribution in [0.4, 0.5) is 5.69 Å². The minimum absolute atomic E-state index is 0.0328. The Bertz CT molecular complexity index is 841. The lowest BCUT2D eigenvalue weighted by molar-refractivity contribution is 0.380. The number of rotatable bonds is 10. The van der Waals surface area contributed by atoms with Gasteiger partial charge in [0.2, 0.25) is 0 Å². The number of phenols is 3. The molecule has 164 valence electrons. The fourth-order valence-corrected chi connectivity index (χ4v) is 4.45.